The Morgan fingerprint density at radius 2 is 1.58 bits per heavy atom. The number of Topliss-reactive ketones (excluding diaryl/α,β-unsaturated/α-hetero) is 1. The van der Waals surface area contributed by atoms with E-state index < -0.39 is 0 Å². The summed E-state index contributed by atoms with van der Waals surface area (Å²) < 4.78 is 5.72. The van der Waals surface area contributed by atoms with Gasteiger partial charge in [-0.1, -0.05) is 43.7 Å². The van der Waals surface area contributed by atoms with Crippen molar-refractivity contribution in [3.05, 3.63) is 64.2 Å². The molecule has 0 bridgehead atoms. The minimum absolute atomic E-state index is 0.202. The van der Waals surface area contributed by atoms with Gasteiger partial charge in [-0.25, -0.2) is 0 Å². The second-order valence-corrected chi connectivity index (χ2v) is 5.82. The van der Waals surface area contributed by atoms with Crippen LogP contribution in [0.1, 0.15) is 68.9 Å². The van der Waals surface area contributed by atoms with Crippen LogP contribution in [0, 0.1) is 0 Å². The molecule has 4 nitrogen and oxygen atoms in total. The summed E-state index contributed by atoms with van der Waals surface area (Å²) in [5.74, 6) is -0.369. The van der Waals surface area contributed by atoms with Crippen molar-refractivity contribution in [1.29, 1.82) is 0 Å². The van der Waals surface area contributed by atoms with Gasteiger partial charge in [0.1, 0.15) is 5.75 Å². The minimum Gasteiger partial charge on any atom is -0.493 e. The molecule has 4 heteroatoms. The second kappa shape index (κ2) is 6.40. The molecule has 0 spiro atoms. The molecular formula is C20H18O4. The Morgan fingerprint density at radius 1 is 0.958 bits per heavy atom. The highest BCUT2D eigenvalue weighted by Gasteiger charge is 2.34. The molecule has 3 rings (SSSR count). The van der Waals surface area contributed by atoms with Gasteiger partial charge in [-0.2, -0.15) is 0 Å². The number of carbonyl (C=O) groups excluding carboxylic acids is 3. The molecule has 0 saturated carbocycles. The van der Waals surface area contributed by atoms with Gasteiger partial charge in [0.2, 0.25) is 0 Å². The number of ether oxygens (including phenoxy) is 1. The average molecular weight is 322 g/mol. The third-order valence-corrected chi connectivity index (χ3v) is 4.17. The molecule has 0 radical (unpaired) electrons. The molecule has 122 valence electrons. The Morgan fingerprint density at radius 3 is 2.25 bits per heavy atom. The molecule has 0 heterocycles. The molecule has 0 saturated heterocycles. The van der Waals surface area contributed by atoms with Crippen molar-refractivity contribution in [2.75, 3.05) is 6.61 Å². The molecule has 1 aliphatic carbocycles. The van der Waals surface area contributed by atoms with Crippen LogP contribution < -0.4 is 4.74 Å². The summed E-state index contributed by atoms with van der Waals surface area (Å²) in [6, 6.07) is 9.83. The molecule has 2 aromatic carbocycles. The number of ketones is 3. The Kier molecular flexibility index (Phi) is 4.30. The van der Waals surface area contributed by atoms with Crippen molar-refractivity contribution in [1.82, 2.24) is 0 Å². The summed E-state index contributed by atoms with van der Waals surface area (Å²) in [6.45, 7) is 3.94. The van der Waals surface area contributed by atoms with E-state index in [1.807, 2.05) is 0 Å². The zero-order valence-electron chi connectivity index (χ0n) is 13.7. The van der Waals surface area contributed by atoms with Crippen molar-refractivity contribution < 1.29 is 19.1 Å². The van der Waals surface area contributed by atoms with Crippen LogP contribution in [0.2, 0.25) is 0 Å². The van der Waals surface area contributed by atoms with Crippen LogP contribution >= 0.6 is 0 Å². The van der Waals surface area contributed by atoms with E-state index >= 15 is 0 Å². The fourth-order valence-corrected chi connectivity index (χ4v) is 2.95. The lowest BCUT2D eigenvalue weighted by Gasteiger charge is -2.21. The van der Waals surface area contributed by atoms with Gasteiger partial charge in [-0.05, 0) is 19.4 Å². The van der Waals surface area contributed by atoms with Crippen molar-refractivity contribution in [3.8, 4) is 5.75 Å². The van der Waals surface area contributed by atoms with Gasteiger partial charge in [0.15, 0.2) is 17.3 Å². The lowest BCUT2D eigenvalue weighted by molar-refractivity contribution is 0.0965. The highest BCUT2D eigenvalue weighted by atomic mass is 16.5. The standard InChI is InChI=1S/C20H18O4/c1-3-4-11-24-16-10-6-9-15-18(16)20(23)14-8-5-7-13(12(2)21)17(14)19(15)22/h5-10H,3-4,11H2,1-2H3. The molecule has 0 amide bonds. The van der Waals surface area contributed by atoms with Gasteiger partial charge < -0.3 is 4.74 Å². The molecule has 24 heavy (non-hydrogen) atoms. The average Bonchev–Trinajstić information content (AvgIpc) is 2.59. The van der Waals surface area contributed by atoms with Crippen LogP contribution in [0.5, 0.6) is 5.75 Å². The third kappa shape index (κ3) is 2.54. The monoisotopic (exact) mass is 322 g/mol. The molecule has 0 fully saturated rings. The van der Waals surface area contributed by atoms with E-state index in [9.17, 15) is 14.4 Å². The number of rotatable bonds is 5. The second-order valence-electron chi connectivity index (χ2n) is 5.82. The molecule has 1 aliphatic rings. The third-order valence-electron chi connectivity index (χ3n) is 4.17. The quantitative estimate of drug-likeness (QED) is 0.529. The number of hydrogen-bond acceptors (Lipinski definition) is 4. The summed E-state index contributed by atoms with van der Waals surface area (Å²) in [5, 5.41) is 0. The highest BCUT2D eigenvalue weighted by molar-refractivity contribution is 6.31. The number of benzene rings is 2. The first-order valence-corrected chi connectivity index (χ1v) is 8.05. The Balaban J connectivity index is 2.15. The van der Waals surface area contributed by atoms with E-state index in [1.165, 1.54) is 6.92 Å². The van der Waals surface area contributed by atoms with E-state index in [1.54, 1.807) is 36.4 Å². The predicted octanol–water partition coefficient (Wildman–Crippen LogP) is 3.84. The van der Waals surface area contributed by atoms with Gasteiger partial charge in [-0.15, -0.1) is 0 Å². The van der Waals surface area contributed by atoms with E-state index in [-0.39, 0.29) is 34.0 Å². The Bertz CT molecular complexity index is 849. The summed E-state index contributed by atoms with van der Waals surface area (Å²) >= 11 is 0. The van der Waals surface area contributed by atoms with Crippen LogP contribution in [0.15, 0.2) is 36.4 Å². The molecule has 0 unspecified atom stereocenters. The number of fused-ring (bicyclic) bond motifs is 2. The van der Waals surface area contributed by atoms with Crippen molar-refractivity contribution in [2.24, 2.45) is 0 Å². The van der Waals surface area contributed by atoms with E-state index in [0.29, 0.717) is 23.5 Å². The van der Waals surface area contributed by atoms with Gasteiger partial charge >= 0.3 is 0 Å². The van der Waals surface area contributed by atoms with Gasteiger partial charge in [0.25, 0.3) is 0 Å². The SMILES string of the molecule is CCCCOc1cccc2c1C(=O)c1cccc(C(C)=O)c1C2=O. The first-order chi connectivity index (χ1) is 11.6. The summed E-state index contributed by atoms with van der Waals surface area (Å²) in [5.41, 5.74) is 1.36. The first kappa shape index (κ1) is 16.1. The van der Waals surface area contributed by atoms with Crippen molar-refractivity contribution in [2.45, 2.75) is 26.7 Å². The Hall–Kier alpha value is -2.75. The van der Waals surface area contributed by atoms with E-state index in [0.717, 1.165) is 12.8 Å². The molecular weight excluding hydrogens is 304 g/mol. The highest BCUT2D eigenvalue weighted by Crippen LogP contribution is 2.34. The summed E-state index contributed by atoms with van der Waals surface area (Å²) in [4.78, 5) is 37.7. The molecule has 0 N–H and O–H groups in total. The zero-order chi connectivity index (χ0) is 17.3. The van der Waals surface area contributed by atoms with Crippen LogP contribution in [0.4, 0.5) is 0 Å². The molecule has 0 aromatic heterocycles. The van der Waals surface area contributed by atoms with Gasteiger partial charge in [0, 0.05) is 22.3 Å². The van der Waals surface area contributed by atoms with Crippen molar-refractivity contribution in [3.63, 3.8) is 0 Å². The Labute approximate surface area is 140 Å². The number of carbonyl (C=O) groups is 3. The first-order valence-electron chi connectivity index (χ1n) is 8.05. The van der Waals surface area contributed by atoms with Crippen LogP contribution in [-0.2, 0) is 0 Å². The van der Waals surface area contributed by atoms with Crippen LogP contribution in [-0.4, -0.2) is 24.0 Å². The maximum absolute atomic E-state index is 12.9. The summed E-state index contributed by atoms with van der Waals surface area (Å²) in [6.07, 6.45) is 1.85. The maximum atomic E-state index is 12.9. The normalized spacial score (nSPS) is 12.6. The minimum atomic E-state index is -0.300. The number of hydrogen-bond donors (Lipinski definition) is 0. The smallest absolute Gasteiger partial charge is 0.198 e. The molecule has 0 atom stereocenters. The summed E-state index contributed by atoms with van der Waals surface area (Å²) in [7, 11) is 0. The zero-order valence-corrected chi connectivity index (χ0v) is 13.7. The van der Waals surface area contributed by atoms with Crippen LogP contribution in [0.3, 0.4) is 0 Å². The lowest BCUT2D eigenvalue weighted by atomic mass is 9.81. The topological polar surface area (TPSA) is 60.4 Å². The van der Waals surface area contributed by atoms with Crippen LogP contribution in [0.25, 0.3) is 0 Å². The van der Waals surface area contributed by atoms with E-state index in [2.05, 4.69) is 6.92 Å². The predicted molar refractivity (Wildman–Crippen MR) is 90.2 cm³/mol. The molecule has 2 aromatic rings. The lowest BCUT2D eigenvalue weighted by Crippen LogP contribution is -2.24. The number of unbranched alkanes of at least 4 members (excludes halogenated alkanes) is 1. The van der Waals surface area contributed by atoms with Gasteiger partial charge in [0.05, 0.1) is 12.2 Å². The largest absolute Gasteiger partial charge is 0.493 e. The fraction of sp³-hybridized carbons (Fsp3) is 0.250. The molecule has 0 aliphatic heterocycles. The van der Waals surface area contributed by atoms with Crippen molar-refractivity contribution >= 4 is 17.3 Å². The van der Waals surface area contributed by atoms with E-state index in [4.69, 9.17) is 4.74 Å². The fourth-order valence-electron chi connectivity index (χ4n) is 2.95. The van der Waals surface area contributed by atoms with Gasteiger partial charge in [-0.3, -0.25) is 14.4 Å². The maximum Gasteiger partial charge on any atom is 0.198 e.